The van der Waals surface area contributed by atoms with Crippen molar-refractivity contribution in [3.05, 3.63) is 23.8 Å². The van der Waals surface area contributed by atoms with Crippen LogP contribution in [0.15, 0.2) is 23.8 Å². The quantitative estimate of drug-likeness (QED) is 0.0843. The summed E-state index contributed by atoms with van der Waals surface area (Å²) in [6, 6.07) is 0. The molecule has 0 fully saturated rings. The Morgan fingerprint density at radius 1 is 0.667 bits per heavy atom. The van der Waals surface area contributed by atoms with Gasteiger partial charge in [-0.1, -0.05) is 147 Å². The summed E-state index contributed by atoms with van der Waals surface area (Å²) in [6.45, 7) is 38.6. The summed E-state index contributed by atoms with van der Waals surface area (Å²) in [5.74, 6) is 1.39. The van der Waals surface area contributed by atoms with Gasteiger partial charge in [0, 0.05) is 48.2 Å². The molecule has 10 unspecified atom stereocenters. The summed E-state index contributed by atoms with van der Waals surface area (Å²) in [4.78, 5) is 49.8. The summed E-state index contributed by atoms with van der Waals surface area (Å²) in [6.07, 6.45) is 15.6. The highest BCUT2D eigenvalue weighted by atomic mass is 32.2. The van der Waals surface area contributed by atoms with Gasteiger partial charge in [0.15, 0.2) is 20.5 Å². The van der Waals surface area contributed by atoms with E-state index in [4.69, 9.17) is 0 Å². The van der Waals surface area contributed by atoms with Crippen LogP contribution in [0.4, 0.5) is 0 Å². The molecule has 8 heteroatoms. The molecule has 54 heavy (non-hydrogen) atoms. The summed E-state index contributed by atoms with van der Waals surface area (Å²) < 4.78 is -0.149. The number of rotatable bonds is 25. The van der Waals surface area contributed by atoms with E-state index < -0.39 is 0 Å². The first-order chi connectivity index (χ1) is 24.6. The number of carbonyl (C=O) groups excluding carboxylic acids is 4. The zero-order valence-electron chi connectivity index (χ0n) is 37.9. The van der Waals surface area contributed by atoms with Crippen LogP contribution in [-0.4, -0.2) is 41.0 Å². The van der Waals surface area contributed by atoms with Gasteiger partial charge in [0.2, 0.25) is 0 Å². The monoisotopic (exact) mass is 827 g/mol. The molecular formula is C46H82O4S4. The Labute approximate surface area is 351 Å². The van der Waals surface area contributed by atoms with Gasteiger partial charge in [-0.15, -0.1) is 0 Å². The third-order valence-corrected chi connectivity index (χ3v) is 16.2. The number of carbonyl (C=O) groups is 4. The Bertz CT molecular complexity index is 1260. The lowest BCUT2D eigenvalue weighted by atomic mass is 9.61. The summed E-state index contributed by atoms with van der Waals surface area (Å²) in [7, 11) is 0. The third kappa shape index (κ3) is 21.4. The van der Waals surface area contributed by atoms with Crippen LogP contribution in [0.25, 0.3) is 0 Å². The highest BCUT2D eigenvalue weighted by molar-refractivity contribution is 8.15. The van der Waals surface area contributed by atoms with Crippen molar-refractivity contribution >= 4 is 67.5 Å². The molecule has 0 rings (SSSR count). The lowest BCUT2D eigenvalue weighted by molar-refractivity contribution is -0.110. The van der Waals surface area contributed by atoms with Gasteiger partial charge >= 0.3 is 0 Å². The molecule has 10 atom stereocenters. The van der Waals surface area contributed by atoms with Crippen molar-refractivity contribution in [2.24, 2.45) is 39.9 Å². The van der Waals surface area contributed by atoms with E-state index in [9.17, 15) is 19.2 Å². The maximum atomic E-state index is 12.8. The van der Waals surface area contributed by atoms with Crippen molar-refractivity contribution in [3.8, 4) is 0 Å². The fourth-order valence-corrected chi connectivity index (χ4v) is 14.8. The molecule has 0 aromatic rings. The van der Waals surface area contributed by atoms with Crippen LogP contribution in [0, 0.1) is 39.9 Å². The van der Waals surface area contributed by atoms with Gasteiger partial charge in [-0.05, 0) is 118 Å². The van der Waals surface area contributed by atoms with E-state index in [0.717, 1.165) is 57.8 Å². The number of hydrogen-bond acceptors (Lipinski definition) is 8. The van der Waals surface area contributed by atoms with Gasteiger partial charge in [0.25, 0.3) is 0 Å². The molecule has 0 aromatic carbocycles. The van der Waals surface area contributed by atoms with Crippen molar-refractivity contribution in [2.45, 2.75) is 203 Å². The Balaban J connectivity index is 6.56. The highest BCUT2D eigenvalue weighted by Gasteiger charge is 2.43. The van der Waals surface area contributed by atoms with Crippen LogP contribution in [0.3, 0.4) is 0 Å². The lowest BCUT2D eigenvalue weighted by Crippen LogP contribution is -2.39. The average Bonchev–Trinajstić information content (AvgIpc) is 2.95. The fourth-order valence-electron chi connectivity index (χ4n) is 10.3. The molecule has 0 radical (unpaired) electrons. The van der Waals surface area contributed by atoms with E-state index >= 15 is 0 Å². The normalized spacial score (nSPS) is 20.1. The standard InChI is InChI=1S/C46H82O4S4/c1-19-22-44(16,30-45(17,28-36(9)51-37(10)47)29-43(14,15)41(21-3)52-38(11)48)27-35(8)42(53-39(12)49)34(7)24-33(6)26-46(18,54-40(13)50)25-32(5)23-31(4)20-2/h19,22-23,32-36,41-42H,20-21,24-30H2,1-18H3/b22-19+,31-23+. The molecule has 314 valence electrons. The maximum absolute atomic E-state index is 12.8. The molecule has 0 aromatic heterocycles. The fraction of sp³-hybridized carbons (Fsp3) is 0.826. The highest BCUT2D eigenvalue weighted by Crippen LogP contribution is 2.53. The molecule has 0 aliphatic rings. The minimum Gasteiger partial charge on any atom is -0.288 e. The summed E-state index contributed by atoms with van der Waals surface area (Å²) in [5.41, 5.74) is 1.09. The second kappa shape index (κ2) is 24.5. The van der Waals surface area contributed by atoms with E-state index in [1.807, 2.05) is 0 Å². The molecule has 0 aliphatic heterocycles. The molecule has 0 N–H and O–H groups in total. The Kier molecular flexibility index (Phi) is 24.3. The predicted octanol–water partition coefficient (Wildman–Crippen LogP) is 14.6. The van der Waals surface area contributed by atoms with Crippen LogP contribution in [-0.2, 0) is 19.2 Å². The molecule has 4 nitrogen and oxygen atoms in total. The Morgan fingerprint density at radius 3 is 1.69 bits per heavy atom. The Hall–Kier alpha value is -0.440. The van der Waals surface area contributed by atoms with Crippen molar-refractivity contribution in [1.29, 1.82) is 0 Å². The van der Waals surface area contributed by atoms with E-state index in [-0.39, 0.29) is 63.1 Å². The minimum absolute atomic E-state index is 0.0847. The SMILES string of the molecule is C/C=C/C(C)(CC(C)C(SC(C)=O)C(C)CC(C)CC(C)(CC(C)/C=C(\C)CC)SC(C)=O)CC(C)(CC(C)SC(C)=O)CC(C)(C)C(CC)SC(C)=O. The topological polar surface area (TPSA) is 68.3 Å². The van der Waals surface area contributed by atoms with Gasteiger partial charge in [0.1, 0.15) is 0 Å². The molecular weight excluding hydrogens is 745 g/mol. The molecule has 0 saturated carbocycles. The van der Waals surface area contributed by atoms with Crippen LogP contribution < -0.4 is 0 Å². The second-order valence-electron chi connectivity index (χ2n) is 18.8. The van der Waals surface area contributed by atoms with Crippen LogP contribution >= 0.6 is 47.0 Å². The first kappa shape index (κ1) is 53.6. The van der Waals surface area contributed by atoms with Gasteiger partial charge in [0.05, 0.1) is 0 Å². The van der Waals surface area contributed by atoms with Crippen LogP contribution in [0.2, 0.25) is 0 Å². The maximum Gasteiger partial charge on any atom is 0.186 e. The minimum atomic E-state index is -0.149. The number of allylic oxidation sites excluding steroid dienone is 4. The smallest absolute Gasteiger partial charge is 0.186 e. The van der Waals surface area contributed by atoms with E-state index in [2.05, 4.69) is 115 Å². The van der Waals surface area contributed by atoms with Gasteiger partial charge in [-0.3, -0.25) is 19.2 Å². The summed E-state index contributed by atoms with van der Waals surface area (Å²) >= 11 is 5.94. The van der Waals surface area contributed by atoms with Gasteiger partial charge in [-0.2, -0.15) is 0 Å². The predicted molar refractivity (Wildman–Crippen MR) is 247 cm³/mol. The average molecular weight is 827 g/mol. The van der Waals surface area contributed by atoms with E-state index in [0.29, 0.717) is 17.8 Å². The van der Waals surface area contributed by atoms with Crippen molar-refractivity contribution < 1.29 is 19.2 Å². The molecule has 0 heterocycles. The molecule has 0 bridgehead atoms. The summed E-state index contributed by atoms with van der Waals surface area (Å²) in [5, 5.41) is 1.22. The Morgan fingerprint density at radius 2 is 1.22 bits per heavy atom. The van der Waals surface area contributed by atoms with Crippen molar-refractivity contribution in [1.82, 2.24) is 0 Å². The van der Waals surface area contributed by atoms with Gasteiger partial charge in [-0.25, -0.2) is 0 Å². The zero-order valence-corrected chi connectivity index (χ0v) is 41.2. The lowest BCUT2D eigenvalue weighted by Gasteiger charge is -2.47. The first-order valence-electron chi connectivity index (χ1n) is 20.7. The largest absolute Gasteiger partial charge is 0.288 e. The molecule has 0 spiro atoms. The number of thioether (sulfide) groups is 4. The van der Waals surface area contributed by atoms with Crippen LogP contribution in [0.1, 0.15) is 182 Å². The first-order valence-corrected chi connectivity index (χ1v) is 24.1. The number of hydrogen-bond donors (Lipinski definition) is 0. The van der Waals surface area contributed by atoms with E-state index in [1.54, 1.807) is 27.7 Å². The third-order valence-electron chi connectivity index (χ3n) is 11.0. The van der Waals surface area contributed by atoms with Gasteiger partial charge < -0.3 is 0 Å². The molecule has 0 aliphatic carbocycles. The molecule has 0 amide bonds. The van der Waals surface area contributed by atoms with Crippen molar-refractivity contribution in [2.75, 3.05) is 0 Å². The zero-order chi connectivity index (χ0) is 42.2. The second-order valence-corrected chi connectivity index (χ2v) is 24.9. The van der Waals surface area contributed by atoms with Crippen molar-refractivity contribution in [3.63, 3.8) is 0 Å². The van der Waals surface area contributed by atoms with Crippen LogP contribution in [0.5, 0.6) is 0 Å². The van der Waals surface area contributed by atoms with E-state index in [1.165, 1.54) is 52.6 Å². The molecule has 0 saturated heterocycles.